The van der Waals surface area contributed by atoms with Gasteiger partial charge in [0.2, 0.25) is 0 Å². The van der Waals surface area contributed by atoms with E-state index in [0.29, 0.717) is 17.3 Å². The summed E-state index contributed by atoms with van der Waals surface area (Å²) in [5.41, 5.74) is 0.488. The highest BCUT2D eigenvalue weighted by atomic mass is 32.2. The summed E-state index contributed by atoms with van der Waals surface area (Å²) >= 11 is 1.75. The standard InChI is InChI=1S/C13H11N3S2/c1-17-12(10-6-4-3-5-7-10)16-13(18-2)11(8-14)9-15/h3-7H,1-2H3/b16-12+/i1T3. The van der Waals surface area contributed by atoms with Gasteiger partial charge in [-0.3, -0.25) is 0 Å². The SMILES string of the molecule is [3H]C([3H])([3H])S/C(=N/C(SC)=C(C#N)C#N)c1ccccc1. The molecule has 1 aromatic carbocycles. The van der Waals surface area contributed by atoms with E-state index in [1.807, 2.05) is 6.07 Å². The Labute approximate surface area is 119 Å². The van der Waals surface area contributed by atoms with Crippen molar-refractivity contribution in [2.75, 3.05) is 12.4 Å². The van der Waals surface area contributed by atoms with E-state index in [0.717, 1.165) is 11.8 Å². The van der Waals surface area contributed by atoms with E-state index >= 15 is 0 Å². The van der Waals surface area contributed by atoms with Crippen molar-refractivity contribution in [2.45, 2.75) is 0 Å². The molecule has 0 aliphatic heterocycles. The van der Waals surface area contributed by atoms with Crippen LogP contribution in [0, 0.1) is 22.7 Å². The van der Waals surface area contributed by atoms with Crippen LogP contribution in [0.5, 0.6) is 0 Å². The molecule has 0 saturated carbocycles. The van der Waals surface area contributed by atoms with Gasteiger partial charge in [-0.2, -0.15) is 10.5 Å². The minimum absolute atomic E-state index is 0.137. The summed E-state index contributed by atoms with van der Waals surface area (Å²) < 4.78 is 22.1. The van der Waals surface area contributed by atoms with Crippen LogP contribution in [0.3, 0.4) is 0 Å². The first-order valence-electron chi connectivity index (χ1n) is 6.33. The first-order chi connectivity index (χ1) is 9.91. The highest BCUT2D eigenvalue weighted by molar-refractivity contribution is 8.14. The Balaban J connectivity index is 3.38. The second-order valence-corrected chi connectivity index (χ2v) is 4.38. The van der Waals surface area contributed by atoms with Crippen molar-refractivity contribution < 1.29 is 4.11 Å². The van der Waals surface area contributed by atoms with Crippen molar-refractivity contribution in [1.29, 1.82) is 10.5 Å². The van der Waals surface area contributed by atoms with Crippen molar-refractivity contribution in [3.63, 3.8) is 0 Å². The van der Waals surface area contributed by atoms with Crippen LogP contribution in [0.4, 0.5) is 0 Å². The van der Waals surface area contributed by atoms with Crippen LogP contribution in [0.25, 0.3) is 0 Å². The molecule has 3 nitrogen and oxygen atoms in total. The maximum atomic E-state index is 8.91. The lowest BCUT2D eigenvalue weighted by atomic mass is 10.2. The molecule has 18 heavy (non-hydrogen) atoms. The number of nitrogens with zero attached hydrogens (tertiary/aromatic N) is 3. The Kier molecular flexibility index (Phi) is 4.33. The van der Waals surface area contributed by atoms with Gasteiger partial charge in [-0.25, -0.2) is 4.99 Å². The van der Waals surface area contributed by atoms with Gasteiger partial charge >= 0.3 is 0 Å². The second kappa shape index (κ2) is 7.60. The number of nitriles is 2. The molecule has 0 heterocycles. The lowest BCUT2D eigenvalue weighted by Gasteiger charge is -2.04. The molecule has 0 unspecified atom stereocenters. The van der Waals surface area contributed by atoms with Crippen LogP contribution in [-0.2, 0) is 0 Å². The van der Waals surface area contributed by atoms with E-state index in [2.05, 4.69) is 4.99 Å². The monoisotopic (exact) mass is 279 g/mol. The number of aliphatic imine (C=N–C) groups is 1. The molecular formula is C13H11N3S2. The molecule has 0 aliphatic carbocycles. The highest BCUT2D eigenvalue weighted by Crippen LogP contribution is 2.22. The van der Waals surface area contributed by atoms with Crippen molar-refractivity contribution in [2.24, 2.45) is 4.99 Å². The van der Waals surface area contributed by atoms with E-state index in [1.165, 1.54) is 0 Å². The third-order valence-electron chi connectivity index (χ3n) is 1.95. The maximum Gasteiger partial charge on any atom is 0.161 e. The normalized spacial score (nSPS) is 13.5. The fraction of sp³-hybridized carbons (Fsp3) is 0.154. The zero-order chi connectivity index (χ0) is 15.9. The summed E-state index contributed by atoms with van der Waals surface area (Å²) in [6, 6.07) is 12.3. The first-order valence-corrected chi connectivity index (χ1v) is 6.87. The van der Waals surface area contributed by atoms with Gasteiger partial charge in [-0.15, -0.1) is 23.5 Å². The lowest BCUT2D eigenvalue weighted by molar-refractivity contribution is 1.41. The lowest BCUT2D eigenvalue weighted by Crippen LogP contribution is -1.95. The third kappa shape index (κ3) is 3.66. The highest BCUT2D eigenvalue weighted by Gasteiger charge is 2.07. The molecule has 0 atom stereocenters. The van der Waals surface area contributed by atoms with Gasteiger partial charge in [-0.1, -0.05) is 30.3 Å². The van der Waals surface area contributed by atoms with Crippen LogP contribution >= 0.6 is 23.5 Å². The Morgan fingerprint density at radius 3 is 2.39 bits per heavy atom. The summed E-state index contributed by atoms with van der Waals surface area (Å²) in [5, 5.41) is 18.3. The molecule has 0 spiro atoms. The van der Waals surface area contributed by atoms with E-state index in [4.69, 9.17) is 14.6 Å². The largest absolute Gasteiger partial charge is 0.232 e. The van der Waals surface area contributed by atoms with Gasteiger partial charge in [0.1, 0.15) is 22.2 Å². The average Bonchev–Trinajstić information content (AvgIpc) is 2.46. The second-order valence-electron chi connectivity index (χ2n) is 2.99. The van der Waals surface area contributed by atoms with Crippen LogP contribution in [0.15, 0.2) is 45.9 Å². The number of hydrogen-bond acceptors (Lipinski definition) is 5. The topological polar surface area (TPSA) is 59.9 Å². The number of benzene rings is 1. The van der Waals surface area contributed by atoms with Crippen LogP contribution < -0.4 is 0 Å². The van der Waals surface area contributed by atoms with Crippen molar-refractivity contribution in [1.82, 2.24) is 0 Å². The molecular weight excluding hydrogens is 262 g/mol. The van der Waals surface area contributed by atoms with E-state index in [9.17, 15) is 0 Å². The number of allylic oxidation sites excluding steroid dienone is 1. The number of thioether (sulfide) groups is 2. The van der Waals surface area contributed by atoms with Gasteiger partial charge in [0.05, 0.1) is 0 Å². The molecule has 0 fully saturated rings. The molecule has 0 aromatic heterocycles. The zero-order valence-electron chi connectivity index (χ0n) is 12.5. The first kappa shape index (κ1) is 10.3. The predicted molar refractivity (Wildman–Crippen MR) is 78.3 cm³/mol. The molecule has 0 amide bonds. The molecule has 90 valence electrons. The molecule has 0 saturated heterocycles. The minimum atomic E-state index is -2.27. The zero-order valence-corrected chi connectivity index (χ0v) is 11.2. The van der Waals surface area contributed by atoms with Gasteiger partial charge < -0.3 is 0 Å². The van der Waals surface area contributed by atoms with E-state index in [-0.39, 0.29) is 15.6 Å². The van der Waals surface area contributed by atoms with Gasteiger partial charge in [-0.05, 0) is 12.4 Å². The van der Waals surface area contributed by atoms with Crippen molar-refractivity contribution in [3.05, 3.63) is 46.5 Å². The Bertz CT molecular complexity index is 621. The summed E-state index contributed by atoms with van der Waals surface area (Å²) in [6.45, 7) is 0. The van der Waals surface area contributed by atoms with Crippen LogP contribution in [0.1, 0.15) is 9.68 Å². The van der Waals surface area contributed by atoms with Crippen LogP contribution in [0.2, 0.25) is 0 Å². The summed E-state index contributed by atoms with van der Waals surface area (Å²) in [7, 11) is 0. The number of hydrogen-bond donors (Lipinski definition) is 0. The number of rotatable bonds is 3. The average molecular weight is 279 g/mol. The summed E-state index contributed by atoms with van der Waals surface area (Å²) in [4.78, 5) is 4.21. The minimum Gasteiger partial charge on any atom is -0.232 e. The van der Waals surface area contributed by atoms with Crippen LogP contribution in [-0.4, -0.2) is 17.5 Å². The molecule has 0 bridgehead atoms. The predicted octanol–water partition coefficient (Wildman–Crippen LogP) is 3.42. The smallest absolute Gasteiger partial charge is 0.161 e. The summed E-state index contributed by atoms with van der Waals surface area (Å²) in [6.07, 6.45) is -0.590. The Morgan fingerprint density at radius 1 is 1.22 bits per heavy atom. The molecule has 0 aliphatic rings. The Hall–Kier alpha value is -1.69. The van der Waals surface area contributed by atoms with E-state index in [1.54, 1.807) is 42.7 Å². The Morgan fingerprint density at radius 2 is 1.89 bits per heavy atom. The van der Waals surface area contributed by atoms with Crippen molar-refractivity contribution in [3.8, 4) is 12.1 Å². The molecule has 0 radical (unpaired) electrons. The maximum absolute atomic E-state index is 8.91. The molecule has 1 aromatic rings. The molecule has 0 N–H and O–H groups in total. The summed E-state index contributed by atoms with van der Waals surface area (Å²) in [5.74, 6) is 0. The van der Waals surface area contributed by atoms with Crippen molar-refractivity contribution >= 4 is 28.6 Å². The quantitative estimate of drug-likeness (QED) is 0.483. The van der Waals surface area contributed by atoms with Gasteiger partial charge in [0.25, 0.3) is 0 Å². The fourth-order valence-electron chi connectivity index (χ4n) is 1.14. The van der Waals surface area contributed by atoms with E-state index < -0.39 is 6.18 Å². The fourth-order valence-corrected chi connectivity index (χ4v) is 2.07. The molecule has 1 rings (SSSR count). The molecule has 5 heteroatoms. The van der Waals surface area contributed by atoms with Gasteiger partial charge in [0.15, 0.2) is 5.57 Å². The van der Waals surface area contributed by atoms with Gasteiger partial charge in [0, 0.05) is 9.68 Å². The third-order valence-corrected chi connectivity index (χ3v) is 3.15.